The van der Waals surface area contributed by atoms with Crippen LogP contribution in [0.25, 0.3) is 0 Å². The first-order chi connectivity index (χ1) is 9.67. The zero-order valence-corrected chi connectivity index (χ0v) is 13.1. The fraction of sp³-hybridized carbons (Fsp3) is 0.667. The third kappa shape index (κ3) is 3.35. The van der Waals surface area contributed by atoms with Gasteiger partial charge in [0.05, 0.1) is 6.61 Å². The molecule has 0 heterocycles. The molecule has 0 amide bonds. The van der Waals surface area contributed by atoms with Gasteiger partial charge in [-0.2, -0.15) is 0 Å². The van der Waals surface area contributed by atoms with Gasteiger partial charge in [0.25, 0.3) is 0 Å². The molecule has 112 valence electrons. The van der Waals surface area contributed by atoms with Crippen molar-refractivity contribution < 1.29 is 4.74 Å². The summed E-state index contributed by atoms with van der Waals surface area (Å²) in [6, 6.07) is 8.53. The molecule has 2 rings (SSSR count). The lowest BCUT2D eigenvalue weighted by molar-refractivity contribution is 0.194. The molecule has 3 unspecified atom stereocenters. The van der Waals surface area contributed by atoms with E-state index < -0.39 is 0 Å². The molecule has 0 bridgehead atoms. The van der Waals surface area contributed by atoms with Crippen molar-refractivity contribution in [2.45, 2.75) is 46.0 Å². The Morgan fingerprint density at radius 1 is 1.25 bits per heavy atom. The van der Waals surface area contributed by atoms with Gasteiger partial charge in [-0.3, -0.25) is 0 Å². The van der Waals surface area contributed by atoms with Crippen LogP contribution in [0.1, 0.15) is 51.5 Å². The highest BCUT2D eigenvalue weighted by Gasteiger charge is 2.33. The molecule has 3 atom stereocenters. The summed E-state index contributed by atoms with van der Waals surface area (Å²) in [5.74, 6) is 3.80. The van der Waals surface area contributed by atoms with Crippen LogP contribution >= 0.6 is 0 Å². The predicted octanol–water partition coefficient (Wildman–Crippen LogP) is 4.20. The summed E-state index contributed by atoms with van der Waals surface area (Å²) < 4.78 is 5.84. The minimum Gasteiger partial charge on any atom is -0.494 e. The second-order valence-electron chi connectivity index (χ2n) is 6.39. The summed E-state index contributed by atoms with van der Waals surface area (Å²) in [4.78, 5) is 0. The second-order valence-corrected chi connectivity index (χ2v) is 6.39. The van der Waals surface area contributed by atoms with Crippen molar-refractivity contribution in [2.75, 3.05) is 13.2 Å². The SMILES string of the molecule is CCOc1ccccc1C1CC(C(C)C)CCC1CN. The van der Waals surface area contributed by atoms with Crippen molar-refractivity contribution in [3.8, 4) is 5.75 Å². The highest BCUT2D eigenvalue weighted by atomic mass is 16.5. The van der Waals surface area contributed by atoms with Gasteiger partial charge in [0, 0.05) is 0 Å². The number of rotatable bonds is 5. The van der Waals surface area contributed by atoms with Crippen molar-refractivity contribution >= 4 is 0 Å². The summed E-state index contributed by atoms with van der Waals surface area (Å²) in [5, 5.41) is 0. The highest BCUT2D eigenvalue weighted by molar-refractivity contribution is 5.37. The maximum absolute atomic E-state index is 6.04. The Morgan fingerprint density at radius 2 is 2.00 bits per heavy atom. The summed E-state index contributed by atoms with van der Waals surface area (Å²) in [6.45, 7) is 8.26. The number of benzene rings is 1. The molecular formula is C18H29NO. The Kier molecular flexibility index (Phi) is 5.47. The van der Waals surface area contributed by atoms with Crippen molar-refractivity contribution in [3.63, 3.8) is 0 Å². The smallest absolute Gasteiger partial charge is 0.122 e. The fourth-order valence-corrected chi connectivity index (χ4v) is 3.61. The summed E-state index contributed by atoms with van der Waals surface area (Å²) in [6.07, 6.45) is 3.83. The van der Waals surface area contributed by atoms with E-state index in [2.05, 4.69) is 45.0 Å². The van der Waals surface area contributed by atoms with Crippen LogP contribution in [0.15, 0.2) is 24.3 Å². The molecule has 1 aliphatic carbocycles. The van der Waals surface area contributed by atoms with Gasteiger partial charge in [0.1, 0.15) is 5.75 Å². The van der Waals surface area contributed by atoms with Crippen LogP contribution in [0.4, 0.5) is 0 Å². The standard InChI is InChI=1S/C18H29NO/c1-4-20-18-8-6-5-7-16(18)17-11-14(13(2)3)9-10-15(17)12-19/h5-8,13-15,17H,4,9-12,19H2,1-3H3. The molecule has 0 aromatic heterocycles. The molecule has 1 fully saturated rings. The summed E-state index contributed by atoms with van der Waals surface area (Å²) in [5.41, 5.74) is 7.41. The quantitative estimate of drug-likeness (QED) is 0.874. The molecular weight excluding hydrogens is 246 g/mol. The molecule has 1 aromatic carbocycles. The van der Waals surface area contributed by atoms with E-state index >= 15 is 0 Å². The minimum absolute atomic E-state index is 0.559. The molecule has 0 spiro atoms. The number of para-hydroxylation sites is 1. The zero-order valence-electron chi connectivity index (χ0n) is 13.1. The van der Waals surface area contributed by atoms with E-state index in [1.165, 1.54) is 24.8 Å². The van der Waals surface area contributed by atoms with E-state index in [-0.39, 0.29) is 0 Å². The van der Waals surface area contributed by atoms with Crippen LogP contribution in [-0.4, -0.2) is 13.2 Å². The predicted molar refractivity (Wildman–Crippen MR) is 85.1 cm³/mol. The molecule has 0 radical (unpaired) electrons. The molecule has 20 heavy (non-hydrogen) atoms. The van der Waals surface area contributed by atoms with Crippen molar-refractivity contribution in [1.29, 1.82) is 0 Å². The average Bonchev–Trinajstić information content (AvgIpc) is 2.47. The van der Waals surface area contributed by atoms with Gasteiger partial charge in [0.15, 0.2) is 0 Å². The van der Waals surface area contributed by atoms with E-state index in [0.717, 1.165) is 30.7 Å². The topological polar surface area (TPSA) is 35.2 Å². The zero-order chi connectivity index (χ0) is 14.5. The summed E-state index contributed by atoms with van der Waals surface area (Å²) in [7, 11) is 0. The molecule has 1 aliphatic rings. The Labute approximate surface area is 123 Å². The van der Waals surface area contributed by atoms with Crippen LogP contribution in [0.3, 0.4) is 0 Å². The van der Waals surface area contributed by atoms with Gasteiger partial charge in [0.2, 0.25) is 0 Å². The van der Waals surface area contributed by atoms with E-state index in [1.54, 1.807) is 0 Å². The maximum atomic E-state index is 6.04. The lowest BCUT2D eigenvalue weighted by Gasteiger charge is -2.38. The van der Waals surface area contributed by atoms with E-state index in [1.807, 2.05) is 0 Å². The lowest BCUT2D eigenvalue weighted by Crippen LogP contribution is -2.31. The molecule has 2 nitrogen and oxygen atoms in total. The number of nitrogens with two attached hydrogens (primary N) is 1. The first-order valence-electron chi connectivity index (χ1n) is 8.09. The second kappa shape index (κ2) is 7.12. The Bertz CT molecular complexity index is 416. The van der Waals surface area contributed by atoms with Crippen LogP contribution in [-0.2, 0) is 0 Å². The maximum Gasteiger partial charge on any atom is 0.122 e. The normalized spacial score (nSPS) is 26.8. The minimum atomic E-state index is 0.559. The lowest BCUT2D eigenvalue weighted by atomic mass is 9.68. The molecule has 1 saturated carbocycles. The largest absolute Gasteiger partial charge is 0.494 e. The van der Waals surface area contributed by atoms with Crippen LogP contribution in [0, 0.1) is 17.8 Å². The fourth-order valence-electron chi connectivity index (χ4n) is 3.61. The first-order valence-corrected chi connectivity index (χ1v) is 8.09. The Hall–Kier alpha value is -1.02. The van der Waals surface area contributed by atoms with Gasteiger partial charge >= 0.3 is 0 Å². The Balaban J connectivity index is 2.26. The van der Waals surface area contributed by atoms with Crippen LogP contribution < -0.4 is 10.5 Å². The van der Waals surface area contributed by atoms with Gasteiger partial charge in [-0.15, -0.1) is 0 Å². The van der Waals surface area contributed by atoms with Crippen LogP contribution in [0.5, 0.6) is 5.75 Å². The van der Waals surface area contributed by atoms with Gasteiger partial charge in [-0.05, 0) is 68.0 Å². The van der Waals surface area contributed by atoms with Crippen molar-refractivity contribution in [2.24, 2.45) is 23.5 Å². The highest BCUT2D eigenvalue weighted by Crippen LogP contribution is 2.45. The van der Waals surface area contributed by atoms with E-state index in [9.17, 15) is 0 Å². The summed E-state index contributed by atoms with van der Waals surface area (Å²) >= 11 is 0. The molecule has 2 N–H and O–H groups in total. The van der Waals surface area contributed by atoms with Crippen LogP contribution in [0.2, 0.25) is 0 Å². The third-order valence-electron chi connectivity index (χ3n) is 4.90. The molecule has 0 saturated heterocycles. The molecule has 1 aromatic rings. The molecule has 2 heteroatoms. The van der Waals surface area contributed by atoms with Crippen molar-refractivity contribution in [1.82, 2.24) is 0 Å². The van der Waals surface area contributed by atoms with E-state index in [4.69, 9.17) is 10.5 Å². The average molecular weight is 275 g/mol. The van der Waals surface area contributed by atoms with Crippen molar-refractivity contribution in [3.05, 3.63) is 29.8 Å². The number of ether oxygens (including phenoxy) is 1. The van der Waals surface area contributed by atoms with Gasteiger partial charge < -0.3 is 10.5 Å². The number of hydrogen-bond donors (Lipinski definition) is 1. The molecule has 0 aliphatic heterocycles. The monoisotopic (exact) mass is 275 g/mol. The number of hydrogen-bond acceptors (Lipinski definition) is 2. The Morgan fingerprint density at radius 3 is 2.65 bits per heavy atom. The van der Waals surface area contributed by atoms with E-state index in [0.29, 0.717) is 11.8 Å². The van der Waals surface area contributed by atoms with Gasteiger partial charge in [-0.25, -0.2) is 0 Å². The van der Waals surface area contributed by atoms with Gasteiger partial charge in [-0.1, -0.05) is 32.0 Å². The third-order valence-corrected chi connectivity index (χ3v) is 4.90. The first kappa shape index (κ1) is 15.4.